The van der Waals surface area contributed by atoms with Crippen molar-refractivity contribution in [3.05, 3.63) is 0 Å². The van der Waals surface area contributed by atoms with Gasteiger partial charge in [-0.1, -0.05) is 0 Å². The number of phosphoric ester groups is 1. The Morgan fingerprint density at radius 2 is 1.74 bits per heavy atom. The molecule has 0 radical (unpaired) electrons. The molecular formula is C14H28NO7P. The first kappa shape index (κ1) is 20.5. The molecule has 0 unspecified atom stereocenters. The van der Waals surface area contributed by atoms with E-state index in [0.717, 1.165) is 0 Å². The highest BCUT2D eigenvalue weighted by Crippen LogP contribution is 2.55. The number of rotatable bonds is 6. The smallest absolute Gasteiger partial charge is 0.437 e. The van der Waals surface area contributed by atoms with Crippen LogP contribution < -0.4 is 5.32 Å². The average Bonchev–Trinajstić information content (AvgIpc) is 2.34. The Hall–Kier alpha value is -0.500. The summed E-state index contributed by atoms with van der Waals surface area (Å²) in [4.78, 5) is 11.8. The molecule has 8 nitrogen and oxygen atoms in total. The Kier molecular flexibility index (Phi) is 7.19. The third kappa shape index (κ3) is 8.79. The van der Waals surface area contributed by atoms with Crippen LogP contribution in [0.1, 0.15) is 41.5 Å². The van der Waals surface area contributed by atoms with Gasteiger partial charge < -0.3 is 14.8 Å². The van der Waals surface area contributed by atoms with E-state index in [2.05, 4.69) is 5.32 Å². The standard InChI is InChI=1S/C14H28NO7P/c1-13(2,3)21-23(17,22-14(4,5)6)20-10-19-12(16)11-9-18-8-7-15-11/h11,15H,7-10H2,1-6H3/t11-/m0/s1. The Morgan fingerprint density at radius 3 is 2.17 bits per heavy atom. The van der Waals surface area contributed by atoms with E-state index in [1.807, 2.05) is 0 Å². The molecule has 1 rings (SSSR count). The fourth-order valence-corrected chi connectivity index (χ4v) is 3.37. The lowest BCUT2D eigenvalue weighted by molar-refractivity contribution is -0.157. The number of hydrogen-bond donors (Lipinski definition) is 1. The zero-order valence-electron chi connectivity index (χ0n) is 14.7. The van der Waals surface area contributed by atoms with Crippen LogP contribution in [0.25, 0.3) is 0 Å². The van der Waals surface area contributed by atoms with Gasteiger partial charge in [0.1, 0.15) is 6.04 Å². The Balaban J connectivity index is 2.56. The van der Waals surface area contributed by atoms with Gasteiger partial charge in [-0.05, 0) is 41.5 Å². The number of morpholine rings is 1. The van der Waals surface area contributed by atoms with Crippen LogP contribution in [0.2, 0.25) is 0 Å². The van der Waals surface area contributed by atoms with E-state index in [-0.39, 0.29) is 6.61 Å². The van der Waals surface area contributed by atoms with E-state index in [0.29, 0.717) is 13.2 Å². The van der Waals surface area contributed by atoms with Crippen molar-refractivity contribution < 1.29 is 32.4 Å². The average molecular weight is 353 g/mol. The predicted molar refractivity (Wildman–Crippen MR) is 83.9 cm³/mol. The number of carbonyl (C=O) groups is 1. The first-order valence-corrected chi connectivity index (χ1v) is 9.00. The van der Waals surface area contributed by atoms with Gasteiger partial charge in [-0.3, -0.25) is 13.8 Å². The number of nitrogens with one attached hydrogen (secondary N) is 1. The first-order chi connectivity index (χ1) is 10.4. The number of carbonyl (C=O) groups excluding carboxylic acids is 1. The lowest BCUT2D eigenvalue weighted by Gasteiger charge is -2.30. The molecule has 1 aliphatic rings. The van der Waals surface area contributed by atoms with Gasteiger partial charge in [0.05, 0.1) is 24.4 Å². The molecule has 9 heteroatoms. The largest absolute Gasteiger partial charge is 0.478 e. The molecule has 1 heterocycles. The van der Waals surface area contributed by atoms with Gasteiger partial charge >= 0.3 is 13.8 Å². The monoisotopic (exact) mass is 353 g/mol. The Bertz CT molecular complexity index is 415. The van der Waals surface area contributed by atoms with E-state index < -0.39 is 37.8 Å². The van der Waals surface area contributed by atoms with Gasteiger partial charge in [0, 0.05) is 6.54 Å². The van der Waals surface area contributed by atoms with E-state index in [1.54, 1.807) is 41.5 Å². The van der Waals surface area contributed by atoms with Crippen LogP contribution in [-0.2, 0) is 32.4 Å². The highest BCUT2D eigenvalue weighted by molar-refractivity contribution is 7.48. The molecule has 1 atom stereocenters. The fourth-order valence-electron chi connectivity index (χ4n) is 1.71. The summed E-state index contributed by atoms with van der Waals surface area (Å²) in [5.41, 5.74) is -1.49. The maximum Gasteiger partial charge on any atom is 0.478 e. The summed E-state index contributed by atoms with van der Waals surface area (Å²) in [6.45, 7) is 11.2. The van der Waals surface area contributed by atoms with Gasteiger partial charge in [-0.25, -0.2) is 9.09 Å². The van der Waals surface area contributed by atoms with Crippen molar-refractivity contribution in [2.24, 2.45) is 0 Å². The van der Waals surface area contributed by atoms with Crippen molar-refractivity contribution in [1.82, 2.24) is 5.32 Å². The molecule has 0 amide bonds. The Morgan fingerprint density at radius 1 is 1.17 bits per heavy atom. The summed E-state index contributed by atoms with van der Waals surface area (Å²) >= 11 is 0. The number of phosphoric acid groups is 1. The molecule has 0 saturated carbocycles. The fraction of sp³-hybridized carbons (Fsp3) is 0.929. The summed E-state index contributed by atoms with van der Waals surface area (Å²) in [7, 11) is -3.89. The molecule has 1 fully saturated rings. The summed E-state index contributed by atoms with van der Waals surface area (Å²) < 4.78 is 38.8. The minimum absolute atomic E-state index is 0.230. The van der Waals surface area contributed by atoms with Crippen LogP contribution in [0.15, 0.2) is 0 Å². The number of hydrogen-bond acceptors (Lipinski definition) is 8. The lowest BCUT2D eigenvalue weighted by Crippen LogP contribution is -2.47. The maximum absolute atomic E-state index is 12.7. The zero-order valence-corrected chi connectivity index (χ0v) is 15.6. The topological polar surface area (TPSA) is 92.3 Å². The molecular weight excluding hydrogens is 325 g/mol. The molecule has 1 aliphatic heterocycles. The first-order valence-electron chi connectivity index (χ1n) is 7.54. The number of ether oxygens (including phenoxy) is 2. The van der Waals surface area contributed by atoms with Gasteiger partial charge in [-0.2, -0.15) is 0 Å². The summed E-state index contributed by atoms with van der Waals surface area (Å²) in [6.07, 6.45) is 0. The van der Waals surface area contributed by atoms with Crippen molar-refractivity contribution in [2.75, 3.05) is 26.6 Å². The van der Waals surface area contributed by atoms with Crippen molar-refractivity contribution >= 4 is 13.8 Å². The lowest BCUT2D eigenvalue weighted by atomic mass is 10.2. The van der Waals surface area contributed by atoms with E-state index >= 15 is 0 Å². The van der Waals surface area contributed by atoms with E-state index in [9.17, 15) is 9.36 Å². The van der Waals surface area contributed by atoms with Crippen molar-refractivity contribution in [3.63, 3.8) is 0 Å². The van der Waals surface area contributed by atoms with E-state index in [4.69, 9.17) is 23.0 Å². The molecule has 0 aromatic rings. The highest BCUT2D eigenvalue weighted by atomic mass is 31.2. The molecule has 136 valence electrons. The van der Waals surface area contributed by atoms with Gasteiger partial charge in [0.15, 0.2) is 0 Å². The molecule has 0 spiro atoms. The van der Waals surface area contributed by atoms with E-state index in [1.165, 1.54) is 0 Å². The normalized spacial score (nSPS) is 20.3. The quantitative estimate of drug-likeness (QED) is 0.441. The third-order valence-electron chi connectivity index (χ3n) is 2.39. The van der Waals surface area contributed by atoms with Crippen LogP contribution >= 0.6 is 7.82 Å². The van der Waals surface area contributed by atoms with Gasteiger partial charge in [0.2, 0.25) is 6.79 Å². The van der Waals surface area contributed by atoms with Crippen molar-refractivity contribution in [2.45, 2.75) is 58.8 Å². The van der Waals surface area contributed by atoms with Crippen LogP contribution in [0.5, 0.6) is 0 Å². The highest BCUT2D eigenvalue weighted by Gasteiger charge is 2.37. The second-order valence-electron chi connectivity index (χ2n) is 7.15. The summed E-state index contributed by atoms with van der Waals surface area (Å²) in [5.74, 6) is -0.539. The van der Waals surface area contributed by atoms with Crippen LogP contribution in [0.4, 0.5) is 0 Å². The third-order valence-corrected chi connectivity index (χ3v) is 4.35. The molecule has 0 aliphatic carbocycles. The second-order valence-corrected chi connectivity index (χ2v) is 8.66. The molecule has 0 aromatic heterocycles. The van der Waals surface area contributed by atoms with Crippen molar-refractivity contribution in [1.29, 1.82) is 0 Å². The molecule has 0 aromatic carbocycles. The minimum atomic E-state index is -3.89. The van der Waals surface area contributed by atoms with Crippen LogP contribution in [-0.4, -0.2) is 49.8 Å². The van der Waals surface area contributed by atoms with Crippen LogP contribution in [0, 0.1) is 0 Å². The number of esters is 1. The predicted octanol–water partition coefficient (Wildman–Crippen LogP) is 2.23. The van der Waals surface area contributed by atoms with Gasteiger partial charge in [-0.15, -0.1) is 0 Å². The summed E-state index contributed by atoms with van der Waals surface area (Å²) in [5, 5.41) is 2.96. The molecule has 0 bridgehead atoms. The Labute approximate surface area is 137 Å². The second kappa shape index (κ2) is 8.05. The van der Waals surface area contributed by atoms with Gasteiger partial charge in [0.25, 0.3) is 0 Å². The SMILES string of the molecule is CC(C)(C)OP(=O)(OCOC(=O)[C@@H]1COCCN1)OC(C)(C)C. The molecule has 1 N–H and O–H groups in total. The maximum atomic E-state index is 12.7. The van der Waals surface area contributed by atoms with Crippen molar-refractivity contribution in [3.8, 4) is 0 Å². The zero-order chi connectivity index (χ0) is 17.7. The summed E-state index contributed by atoms with van der Waals surface area (Å²) in [6, 6.07) is -0.557. The minimum Gasteiger partial charge on any atom is -0.437 e. The molecule has 23 heavy (non-hydrogen) atoms. The van der Waals surface area contributed by atoms with Crippen LogP contribution in [0.3, 0.4) is 0 Å². The molecule has 1 saturated heterocycles.